The summed E-state index contributed by atoms with van der Waals surface area (Å²) < 4.78 is 26.1. The molecule has 0 spiro atoms. The van der Waals surface area contributed by atoms with Gasteiger partial charge in [-0.2, -0.15) is 0 Å². The van der Waals surface area contributed by atoms with Gasteiger partial charge in [-0.15, -0.1) is 0 Å². The largest absolute Gasteiger partial charge is 0.294 e. The first-order chi connectivity index (χ1) is 8.08. The summed E-state index contributed by atoms with van der Waals surface area (Å²) in [6.45, 7) is 4.00. The van der Waals surface area contributed by atoms with E-state index in [1.807, 2.05) is 13.8 Å². The first-order valence-electron chi connectivity index (χ1n) is 6.08. The van der Waals surface area contributed by atoms with E-state index in [0.29, 0.717) is 0 Å². The Hall–Kier alpha value is -1.25. The highest BCUT2D eigenvalue weighted by atomic mass is 19.1. The molecule has 0 radical (unpaired) electrons. The molecule has 0 fully saturated rings. The summed E-state index contributed by atoms with van der Waals surface area (Å²) >= 11 is 0. The number of carbonyl (C=O) groups is 1. The van der Waals surface area contributed by atoms with Crippen molar-refractivity contribution in [2.75, 3.05) is 0 Å². The molecule has 3 heteroatoms. The Bertz CT molecular complexity index is 362. The normalized spacial score (nSPS) is 10.9. The lowest BCUT2D eigenvalue weighted by atomic mass is 9.90. The van der Waals surface area contributed by atoms with Gasteiger partial charge >= 0.3 is 0 Å². The van der Waals surface area contributed by atoms with Gasteiger partial charge in [0, 0.05) is 17.5 Å². The quantitative estimate of drug-likeness (QED) is 0.675. The second kappa shape index (κ2) is 6.48. The molecule has 1 aromatic rings. The molecule has 17 heavy (non-hydrogen) atoms. The topological polar surface area (TPSA) is 17.1 Å². The molecule has 1 rings (SSSR count). The van der Waals surface area contributed by atoms with Gasteiger partial charge in [-0.25, -0.2) is 8.78 Å². The molecule has 0 aliphatic heterocycles. The first-order valence-corrected chi connectivity index (χ1v) is 6.08. The van der Waals surface area contributed by atoms with Gasteiger partial charge in [0.25, 0.3) is 0 Å². The minimum absolute atomic E-state index is 0.119. The van der Waals surface area contributed by atoms with Gasteiger partial charge < -0.3 is 0 Å². The highest BCUT2D eigenvalue weighted by Crippen LogP contribution is 2.20. The van der Waals surface area contributed by atoms with E-state index in [4.69, 9.17) is 0 Å². The standard InChI is InChI=1S/C14H18F2O/c1-3-5-10(6-4-2)14(17)11-7-12(15)9-13(16)8-11/h7-10H,3-6H2,1-2H3. The van der Waals surface area contributed by atoms with Crippen LogP contribution in [0.1, 0.15) is 49.9 Å². The Morgan fingerprint density at radius 2 is 1.53 bits per heavy atom. The van der Waals surface area contributed by atoms with Crippen LogP contribution in [0.15, 0.2) is 18.2 Å². The Kier molecular flexibility index (Phi) is 5.26. The van der Waals surface area contributed by atoms with Gasteiger partial charge in [0.05, 0.1) is 0 Å². The Morgan fingerprint density at radius 3 is 1.94 bits per heavy atom. The minimum atomic E-state index is -0.694. The van der Waals surface area contributed by atoms with E-state index >= 15 is 0 Å². The lowest BCUT2D eigenvalue weighted by Gasteiger charge is -2.14. The second-order valence-corrected chi connectivity index (χ2v) is 4.30. The predicted molar refractivity (Wildman–Crippen MR) is 64.0 cm³/mol. The number of hydrogen-bond acceptors (Lipinski definition) is 1. The van der Waals surface area contributed by atoms with Gasteiger partial charge in [-0.1, -0.05) is 26.7 Å². The van der Waals surface area contributed by atoms with Crippen molar-refractivity contribution in [2.24, 2.45) is 5.92 Å². The molecule has 0 amide bonds. The summed E-state index contributed by atoms with van der Waals surface area (Å²) in [6, 6.07) is 3.01. The number of Topliss-reactive ketones (excluding diaryl/α,β-unsaturated/α-hetero) is 1. The third-order valence-corrected chi connectivity index (χ3v) is 2.79. The van der Waals surface area contributed by atoms with Crippen LogP contribution >= 0.6 is 0 Å². The van der Waals surface area contributed by atoms with E-state index in [1.54, 1.807) is 0 Å². The molecule has 1 aromatic carbocycles. The summed E-state index contributed by atoms with van der Waals surface area (Å²) in [7, 11) is 0. The Labute approximate surface area is 101 Å². The minimum Gasteiger partial charge on any atom is -0.294 e. The average molecular weight is 240 g/mol. The molecule has 0 atom stereocenters. The fraction of sp³-hybridized carbons (Fsp3) is 0.500. The fourth-order valence-electron chi connectivity index (χ4n) is 2.04. The van der Waals surface area contributed by atoms with E-state index < -0.39 is 11.6 Å². The van der Waals surface area contributed by atoms with Crippen LogP contribution in [0.4, 0.5) is 8.78 Å². The van der Waals surface area contributed by atoms with Crippen LogP contribution in [-0.4, -0.2) is 5.78 Å². The van der Waals surface area contributed by atoms with Gasteiger partial charge in [-0.05, 0) is 25.0 Å². The van der Waals surface area contributed by atoms with Crippen molar-refractivity contribution in [3.63, 3.8) is 0 Å². The van der Waals surface area contributed by atoms with Crippen molar-refractivity contribution < 1.29 is 13.6 Å². The summed E-state index contributed by atoms with van der Waals surface area (Å²) in [4.78, 5) is 12.1. The van der Waals surface area contributed by atoms with E-state index in [-0.39, 0.29) is 17.3 Å². The molecule has 1 nitrogen and oxygen atoms in total. The number of hydrogen-bond donors (Lipinski definition) is 0. The number of ketones is 1. The van der Waals surface area contributed by atoms with Gasteiger partial charge in [0.1, 0.15) is 11.6 Å². The van der Waals surface area contributed by atoms with Crippen molar-refractivity contribution in [1.82, 2.24) is 0 Å². The molecular formula is C14H18F2O. The average Bonchev–Trinajstić information content (AvgIpc) is 2.26. The maximum Gasteiger partial charge on any atom is 0.166 e. The van der Waals surface area contributed by atoms with Crippen LogP contribution in [0.3, 0.4) is 0 Å². The van der Waals surface area contributed by atoms with Gasteiger partial charge in [0.2, 0.25) is 0 Å². The smallest absolute Gasteiger partial charge is 0.166 e. The summed E-state index contributed by atoms with van der Waals surface area (Å²) in [5.74, 6) is -1.65. The monoisotopic (exact) mass is 240 g/mol. The number of benzene rings is 1. The van der Waals surface area contributed by atoms with Crippen LogP contribution in [-0.2, 0) is 0 Å². The summed E-state index contributed by atoms with van der Waals surface area (Å²) in [6.07, 6.45) is 3.33. The van der Waals surface area contributed by atoms with E-state index in [9.17, 15) is 13.6 Å². The highest BCUT2D eigenvalue weighted by Gasteiger charge is 2.19. The highest BCUT2D eigenvalue weighted by molar-refractivity contribution is 5.97. The zero-order chi connectivity index (χ0) is 12.8. The number of halogens is 2. The van der Waals surface area contributed by atoms with Crippen LogP contribution in [0, 0.1) is 17.6 Å². The molecule has 0 aliphatic carbocycles. The number of carbonyl (C=O) groups excluding carboxylic acids is 1. The maximum atomic E-state index is 13.0. The maximum absolute atomic E-state index is 13.0. The molecule has 0 heterocycles. The second-order valence-electron chi connectivity index (χ2n) is 4.30. The molecule has 0 saturated heterocycles. The van der Waals surface area contributed by atoms with Crippen LogP contribution in [0.25, 0.3) is 0 Å². The molecule has 0 saturated carbocycles. The molecule has 0 unspecified atom stereocenters. The lowest BCUT2D eigenvalue weighted by molar-refractivity contribution is 0.0904. The zero-order valence-corrected chi connectivity index (χ0v) is 10.3. The van der Waals surface area contributed by atoms with Gasteiger partial charge in [-0.3, -0.25) is 4.79 Å². The Balaban J connectivity index is 2.92. The van der Waals surface area contributed by atoms with Crippen molar-refractivity contribution in [3.8, 4) is 0 Å². The Morgan fingerprint density at radius 1 is 1.06 bits per heavy atom. The van der Waals surface area contributed by atoms with Crippen molar-refractivity contribution in [2.45, 2.75) is 39.5 Å². The van der Waals surface area contributed by atoms with E-state index in [0.717, 1.165) is 43.9 Å². The summed E-state index contributed by atoms with van der Waals surface area (Å²) in [5.41, 5.74) is 0.148. The number of rotatable bonds is 6. The molecular weight excluding hydrogens is 222 g/mol. The van der Waals surface area contributed by atoms with Crippen molar-refractivity contribution in [3.05, 3.63) is 35.4 Å². The molecule has 0 bridgehead atoms. The third kappa shape index (κ3) is 3.91. The zero-order valence-electron chi connectivity index (χ0n) is 10.3. The van der Waals surface area contributed by atoms with Crippen LogP contribution in [0.5, 0.6) is 0 Å². The molecule has 0 aromatic heterocycles. The van der Waals surface area contributed by atoms with Crippen molar-refractivity contribution >= 4 is 5.78 Å². The van der Waals surface area contributed by atoms with Crippen molar-refractivity contribution in [1.29, 1.82) is 0 Å². The molecule has 0 aliphatic rings. The fourth-order valence-corrected chi connectivity index (χ4v) is 2.04. The van der Waals surface area contributed by atoms with Crippen LogP contribution in [0.2, 0.25) is 0 Å². The third-order valence-electron chi connectivity index (χ3n) is 2.79. The molecule has 0 N–H and O–H groups in total. The van der Waals surface area contributed by atoms with E-state index in [2.05, 4.69) is 0 Å². The predicted octanol–water partition coefficient (Wildman–Crippen LogP) is 4.36. The lowest BCUT2D eigenvalue weighted by Crippen LogP contribution is -2.15. The molecule has 94 valence electrons. The summed E-state index contributed by atoms with van der Waals surface area (Å²) in [5, 5.41) is 0. The first kappa shape index (κ1) is 13.8. The van der Waals surface area contributed by atoms with Crippen LogP contribution < -0.4 is 0 Å². The SMILES string of the molecule is CCCC(CCC)C(=O)c1cc(F)cc(F)c1. The van der Waals surface area contributed by atoms with E-state index in [1.165, 1.54) is 0 Å². The van der Waals surface area contributed by atoms with Gasteiger partial charge in [0.15, 0.2) is 5.78 Å².